The zero-order valence-electron chi connectivity index (χ0n) is 13.1. The van der Waals surface area contributed by atoms with Crippen molar-refractivity contribution in [1.82, 2.24) is 10.2 Å². The molecule has 0 radical (unpaired) electrons. The molecule has 1 saturated heterocycles. The number of fused-ring (bicyclic) bond motifs is 2. The molecule has 3 amide bonds. The third-order valence-corrected chi connectivity index (χ3v) is 4.67. The van der Waals surface area contributed by atoms with E-state index in [1.165, 1.54) is 7.11 Å². The quantitative estimate of drug-likeness (QED) is 0.680. The third kappa shape index (κ3) is 2.58. The number of esters is 1. The van der Waals surface area contributed by atoms with Crippen molar-refractivity contribution in [3.05, 3.63) is 35.4 Å². The van der Waals surface area contributed by atoms with Gasteiger partial charge in [-0.05, 0) is 36.8 Å². The van der Waals surface area contributed by atoms with E-state index in [1.54, 1.807) is 0 Å². The van der Waals surface area contributed by atoms with Crippen LogP contribution in [0.2, 0.25) is 0 Å². The second kappa shape index (κ2) is 6.02. The maximum atomic E-state index is 13.0. The van der Waals surface area contributed by atoms with Crippen molar-refractivity contribution in [2.45, 2.75) is 37.6 Å². The highest BCUT2D eigenvalue weighted by Crippen LogP contribution is 2.38. The van der Waals surface area contributed by atoms with E-state index < -0.39 is 17.5 Å². The van der Waals surface area contributed by atoms with Crippen LogP contribution in [0.15, 0.2) is 24.3 Å². The summed E-state index contributed by atoms with van der Waals surface area (Å²) in [5.74, 6) is -0.700. The van der Waals surface area contributed by atoms with E-state index in [4.69, 9.17) is 0 Å². The number of carbonyl (C=O) groups excluding carboxylic acids is 3. The van der Waals surface area contributed by atoms with E-state index >= 15 is 0 Å². The zero-order valence-corrected chi connectivity index (χ0v) is 13.1. The van der Waals surface area contributed by atoms with Gasteiger partial charge in [0.15, 0.2) is 0 Å². The van der Waals surface area contributed by atoms with Gasteiger partial charge in [0.05, 0.1) is 13.5 Å². The van der Waals surface area contributed by atoms with Gasteiger partial charge in [-0.3, -0.25) is 14.5 Å². The van der Waals surface area contributed by atoms with Crippen LogP contribution >= 0.6 is 0 Å². The van der Waals surface area contributed by atoms with Gasteiger partial charge in [0.2, 0.25) is 0 Å². The van der Waals surface area contributed by atoms with Crippen LogP contribution in [0.4, 0.5) is 4.79 Å². The van der Waals surface area contributed by atoms with Gasteiger partial charge in [0.1, 0.15) is 5.54 Å². The predicted octanol–water partition coefficient (Wildman–Crippen LogP) is 1.72. The molecular formula is C17H20N2O4. The summed E-state index contributed by atoms with van der Waals surface area (Å²) in [5, 5.41) is 2.89. The highest BCUT2D eigenvalue weighted by atomic mass is 16.5. The van der Waals surface area contributed by atoms with Crippen LogP contribution in [0.5, 0.6) is 0 Å². The maximum Gasteiger partial charge on any atom is 0.325 e. The minimum Gasteiger partial charge on any atom is -0.469 e. The second-order valence-electron chi connectivity index (χ2n) is 5.98. The number of hydrogen-bond acceptors (Lipinski definition) is 4. The number of carbonyl (C=O) groups is 3. The fourth-order valence-electron chi connectivity index (χ4n) is 3.48. The molecule has 1 atom stereocenters. The number of methoxy groups -OCH3 is 1. The Morgan fingerprint density at radius 1 is 1.30 bits per heavy atom. The van der Waals surface area contributed by atoms with Gasteiger partial charge < -0.3 is 10.1 Å². The van der Waals surface area contributed by atoms with E-state index in [2.05, 4.69) is 10.1 Å². The number of urea groups is 1. The summed E-state index contributed by atoms with van der Waals surface area (Å²) in [6.07, 6.45) is 3.36. The number of hydrogen-bond donors (Lipinski definition) is 1. The summed E-state index contributed by atoms with van der Waals surface area (Å²) in [6.45, 7) is 0.0429. The first-order valence-electron chi connectivity index (χ1n) is 7.88. The number of nitrogens with zero attached hydrogens (tertiary/aromatic N) is 1. The van der Waals surface area contributed by atoms with Gasteiger partial charge in [-0.1, -0.05) is 24.3 Å². The average Bonchev–Trinajstić information content (AvgIpc) is 2.71. The van der Waals surface area contributed by atoms with Crippen LogP contribution in [-0.2, 0) is 26.3 Å². The Labute approximate surface area is 134 Å². The summed E-state index contributed by atoms with van der Waals surface area (Å²) in [7, 11) is 1.29. The Hall–Kier alpha value is -2.37. The summed E-state index contributed by atoms with van der Waals surface area (Å²) < 4.78 is 4.59. The Morgan fingerprint density at radius 3 is 2.87 bits per heavy atom. The normalized spacial score (nSPS) is 23.4. The van der Waals surface area contributed by atoms with Crippen LogP contribution in [-0.4, -0.2) is 36.5 Å². The molecule has 0 bridgehead atoms. The number of ether oxygens (including phenoxy) is 1. The van der Waals surface area contributed by atoms with Crippen molar-refractivity contribution in [3.63, 3.8) is 0 Å². The molecule has 3 rings (SSSR count). The molecular weight excluding hydrogens is 296 g/mol. The molecule has 1 spiro atoms. The molecule has 0 unspecified atom stereocenters. The molecule has 1 aliphatic heterocycles. The summed E-state index contributed by atoms with van der Waals surface area (Å²) in [6, 6.07) is 7.34. The van der Waals surface area contributed by atoms with Crippen molar-refractivity contribution in [2.75, 3.05) is 13.7 Å². The molecule has 0 aromatic heterocycles. The van der Waals surface area contributed by atoms with Crippen LogP contribution in [0, 0.1) is 0 Å². The summed E-state index contributed by atoms with van der Waals surface area (Å²) in [5.41, 5.74) is 1.00. The van der Waals surface area contributed by atoms with Crippen molar-refractivity contribution in [2.24, 2.45) is 0 Å². The van der Waals surface area contributed by atoms with Gasteiger partial charge in [0.25, 0.3) is 5.91 Å². The van der Waals surface area contributed by atoms with E-state index in [0.717, 1.165) is 35.3 Å². The summed E-state index contributed by atoms with van der Waals surface area (Å²) in [4.78, 5) is 37.8. The lowest BCUT2D eigenvalue weighted by atomic mass is 9.84. The molecule has 1 fully saturated rings. The van der Waals surface area contributed by atoms with Crippen molar-refractivity contribution < 1.29 is 19.1 Å². The van der Waals surface area contributed by atoms with Crippen LogP contribution in [0.25, 0.3) is 0 Å². The number of imide groups is 1. The summed E-state index contributed by atoms with van der Waals surface area (Å²) >= 11 is 0. The minimum absolute atomic E-state index is 0.00733. The molecule has 122 valence electrons. The number of nitrogens with one attached hydrogen (secondary N) is 1. The highest BCUT2D eigenvalue weighted by Gasteiger charge is 2.53. The predicted molar refractivity (Wildman–Crippen MR) is 82.6 cm³/mol. The van der Waals surface area contributed by atoms with Crippen molar-refractivity contribution in [3.8, 4) is 0 Å². The Morgan fingerprint density at radius 2 is 2.09 bits per heavy atom. The number of aryl methyl sites for hydroxylation is 1. The lowest BCUT2D eigenvalue weighted by Gasteiger charge is -2.27. The van der Waals surface area contributed by atoms with Gasteiger partial charge in [-0.25, -0.2) is 4.79 Å². The van der Waals surface area contributed by atoms with E-state index in [-0.39, 0.29) is 18.9 Å². The molecule has 1 aromatic rings. The van der Waals surface area contributed by atoms with Crippen molar-refractivity contribution >= 4 is 17.9 Å². The molecule has 1 aliphatic carbocycles. The van der Waals surface area contributed by atoms with Gasteiger partial charge in [-0.15, -0.1) is 0 Å². The molecule has 0 saturated carbocycles. The zero-order chi connectivity index (χ0) is 16.4. The van der Waals surface area contributed by atoms with Crippen molar-refractivity contribution in [1.29, 1.82) is 0 Å². The molecule has 1 N–H and O–H groups in total. The average molecular weight is 316 g/mol. The van der Waals surface area contributed by atoms with Gasteiger partial charge in [0, 0.05) is 6.54 Å². The number of amides is 3. The van der Waals surface area contributed by atoms with Crippen LogP contribution < -0.4 is 5.32 Å². The second-order valence-corrected chi connectivity index (χ2v) is 5.98. The maximum absolute atomic E-state index is 13.0. The number of benzene rings is 1. The standard InChI is InChI=1S/C17H20N2O4/c1-23-14(20)9-11-19-15(21)17(18-16(19)22)10-5-4-7-12-6-2-3-8-13(12)17/h2-3,6,8H,4-5,7,9-11H2,1H3,(H,18,22)/t17-/m0/s1. The molecule has 2 aliphatic rings. The first kappa shape index (κ1) is 15.5. The molecule has 6 nitrogen and oxygen atoms in total. The smallest absolute Gasteiger partial charge is 0.325 e. The topological polar surface area (TPSA) is 75.7 Å². The minimum atomic E-state index is -0.986. The van der Waals surface area contributed by atoms with Crippen LogP contribution in [0.1, 0.15) is 36.8 Å². The highest BCUT2D eigenvalue weighted by molar-refractivity contribution is 6.07. The molecule has 1 aromatic carbocycles. The van der Waals surface area contributed by atoms with Gasteiger partial charge in [-0.2, -0.15) is 0 Å². The number of rotatable bonds is 3. The first-order chi connectivity index (χ1) is 11.1. The van der Waals surface area contributed by atoms with Crippen LogP contribution in [0.3, 0.4) is 0 Å². The molecule has 23 heavy (non-hydrogen) atoms. The van der Waals surface area contributed by atoms with Gasteiger partial charge >= 0.3 is 12.0 Å². The Balaban J connectivity index is 1.92. The fourth-order valence-corrected chi connectivity index (χ4v) is 3.48. The molecule has 6 heteroatoms. The Bertz CT molecular complexity index is 658. The van der Waals surface area contributed by atoms with E-state index in [1.807, 2.05) is 24.3 Å². The van der Waals surface area contributed by atoms with E-state index in [9.17, 15) is 14.4 Å². The van der Waals surface area contributed by atoms with E-state index in [0.29, 0.717) is 6.42 Å². The lowest BCUT2D eigenvalue weighted by Crippen LogP contribution is -2.44. The SMILES string of the molecule is COC(=O)CCN1C(=O)N[C@]2(CCCCc3ccccc32)C1=O. The monoisotopic (exact) mass is 316 g/mol. The first-order valence-corrected chi connectivity index (χ1v) is 7.88. The third-order valence-electron chi connectivity index (χ3n) is 4.67. The fraction of sp³-hybridized carbons (Fsp3) is 0.471. The largest absolute Gasteiger partial charge is 0.469 e. The lowest BCUT2D eigenvalue weighted by molar-refractivity contribution is -0.141. The molecule has 1 heterocycles. The Kier molecular flexibility index (Phi) is 4.07.